The molecule has 110 valence electrons. The largest absolute Gasteiger partial charge is 0.322 e. The molecule has 0 fully saturated rings. The lowest BCUT2D eigenvalue weighted by Gasteiger charge is -2.07. The minimum atomic E-state index is -0.532. The van der Waals surface area contributed by atoms with Gasteiger partial charge >= 0.3 is 0 Å². The highest BCUT2D eigenvalue weighted by atomic mass is 79.9. The van der Waals surface area contributed by atoms with E-state index in [1.807, 2.05) is 24.3 Å². The number of aryl methyl sites for hydroxylation is 1. The molecule has 1 N–H and O–H groups in total. The number of halogens is 2. The van der Waals surface area contributed by atoms with Crippen LogP contribution >= 0.6 is 15.9 Å². The van der Waals surface area contributed by atoms with Crippen molar-refractivity contribution in [2.75, 3.05) is 5.32 Å². The second-order valence-electron chi connectivity index (χ2n) is 4.88. The average molecular weight is 350 g/mol. The number of amides is 1. The van der Waals surface area contributed by atoms with E-state index in [1.54, 1.807) is 6.07 Å². The van der Waals surface area contributed by atoms with Crippen molar-refractivity contribution in [1.29, 1.82) is 0 Å². The van der Waals surface area contributed by atoms with E-state index < -0.39 is 11.7 Å². The highest BCUT2D eigenvalue weighted by molar-refractivity contribution is 9.10. The Kier molecular flexibility index (Phi) is 5.51. The van der Waals surface area contributed by atoms with E-state index in [0.717, 1.165) is 19.3 Å². The van der Waals surface area contributed by atoms with Crippen LogP contribution in [0.1, 0.15) is 35.7 Å². The zero-order valence-electron chi connectivity index (χ0n) is 11.8. The lowest BCUT2D eigenvalue weighted by atomic mass is 10.1. The van der Waals surface area contributed by atoms with Crippen LogP contribution < -0.4 is 5.32 Å². The van der Waals surface area contributed by atoms with Crippen molar-refractivity contribution in [3.05, 3.63) is 63.9 Å². The molecule has 0 aromatic heterocycles. The lowest BCUT2D eigenvalue weighted by Crippen LogP contribution is -2.13. The summed E-state index contributed by atoms with van der Waals surface area (Å²) in [6, 6.07) is 12.0. The zero-order chi connectivity index (χ0) is 15.2. The van der Waals surface area contributed by atoms with Crippen molar-refractivity contribution in [2.24, 2.45) is 0 Å². The van der Waals surface area contributed by atoms with Crippen LogP contribution in [0.15, 0.2) is 46.9 Å². The minimum absolute atomic E-state index is 0.0273. The third-order valence-electron chi connectivity index (χ3n) is 3.20. The Hall–Kier alpha value is -1.68. The van der Waals surface area contributed by atoms with Gasteiger partial charge in [0.05, 0.1) is 5.56 Å². The number of hydrogen-bond donors (Lipinski definition) is 1. The molecule has 21 heavy (non-hydrogen) atoms. The summed E-state index contributed by atoms with van der Waals surface area (Å²) in [5.74, 6) is -0.981. The summed E-state index contributed by atoms with van der Waals surface area (Å²) in [6.45, 7) is 2.15. The third-order valence-corrected chi connectivity index (χ3v) is 3.70. The Morgan fingerprint density at radius 1 is 1.19 bits per heavy atom. The van der Waals surface area contributed by atoms with E-state index in [2.05, 4.69) is 28.2 Å². The highest BCUT2D eigenvalue weighted by Gasteiger charge is 2.12. The van der Waals surface area contributed by atoms with Crippen LogP contribution in [-0.4, -0.2) is 5.91 Å². The van der Waals surface area contributed by atoms with Crippen molar-refractivity contribution < 1.29 is 9.18 Å². The van der Waals surface area contributed by atoms with Crippen molar-refractivity contribution in [3.63, 3.8) is 0 Å². The molecule has 0 saturated carbocycles. The summed E-state index contributed by atoms with van der Waals surface area (Å²) >= 11 is 3.24. The Bertz CT molecular complexity index is 625. The Morgan fingerprint density at radius 3 is 2.57 bits per heavy atom. The molecule has 0 atom stereocenters. The van der Waals surface area contributed by atoms with Gasteiger partial charge in [-0.25, -0.2) is 4.39 Å². The molecule has 2 aromatic carbocycles. The molecule has 0 aliphatic carbocycles. The molecule has 2 nitrogen and oxygen atoms in total. The van der Waals surface area contributed by atoms with Crippen LogP contribution in [0.2, 0.25) is 0 Å². The van der Waals surface area contributed by atoms with Gasteiger partial charge in [-0.05, 0) is 48.7 Å². The maximum Gasteiger partial charge on any atom is 0.258 e. The fourth-order valence-electron chi connectivity index (χ4n) is 2.01. The summed E-state index contributed by atoms with van der Waals surface area (Å²) in [5, 5.41) is 2.71. The molecule has 1 amide bonds. The van der Waals surface area contributed by atoms with Gasteiger partial charge in [0.25, 0.3) is 5.91 Å². The van der Waals surface area contributed by atoms with Crippen molar-refractivity contribution in [1.82, 2.24) is 0 Å². The first-order valence-electron chi connectivity index (χ1n) is 6.95. The molecule has 0 radical (unpaired) electrons. The summed E-state index contributed by atoms with van der Waals surface area (Å²) < 4.78 is 14.3. The van der Waals surface area contributed by atoms with Crippen molar-refractivity contribution >= 4 is 27.5 Å². The number of carbonyl (C=O) groups is 1. The molecular formula is C17H17BrFNO. The molecule has 0 aliphatic heterocycles. The zero-order valence-corrected chi connectivity index (χ0v) is 13.4. The van der Waals surface area contributed by atoms with Gasteiger partial charge in [0.1, 0.15) is 5.82 Å². The summed E-state index contributed by atoms with van der Waals surface area (Å²) in [4.78, 5) is 12.1. The number of hydrogen-bond acceptors (Lipinski definition) is 1. The van der Waals surface area contributed by atoms with Crippen molar-refractivity contribution in [2.45, 2.75) is 26.2 Å². The summed E-state index contributed by atoms with van der Waals surface area (Å²) in [7, 11) is 0. The van der Waals surface area contributed by atoms with Crippen LogP contribution in [0.5, 0.6) is 0 Å². The number of unbranched alkanes of at least 4 members (excludes halogenated alkanes) is 1. The number of nitrogens with one attached hydrogen (secondary N) is 1. The predicted octanol–water partition coefficient (Wildman–Crippen LogP) is 5.18. The molecule has 0 unspecified atom stereocenters. The van der Waals surface area contributed by atoms with Crippen LogP contribution in [-0.2, 0) is 6.42 Å². The molecule has 0 spiro atoms. The first-order valence-corrected chi connectivity index (χ1v) is 7.75. The molecule has 0 heterocycles. The van der Waals surface area contributed by atoms with Gasteiger partial charge in [0, 0.05) is 10.2 Å². The molecule has 0 bridgehead atoms. The summed E-state index contributed by atoms with van der Waals surface area (Å²) in [5.41, 5.74) is 1.93. The van der Waals surface area contributed by atoms with E-state index in [-0.39, 0.29) is 5.56 Å². The van der Waals surface area contributed by atoms with E-state index in [0.29, 0.717) is 10.2 Å². The molecular weight excluding hydrogens is 333 g/mol. The van der Waals surface area contributed by atoms with Crippen LogP contribution in [0, 0.1) is 5.82 Å². The van der Waals surface area contributed by atoms with Crippen LogP contribution in [0.25, 0.3) is 0 Å². The van der Waals surface area contributed by atoms with Gasteiger partial charge in [-0.2, -0.15) is 0 Å². The lowest BCUT2D eigenvalue weighted by molar-refractivity contribution is 0.102. The Labute approximate surface area is 132 Å². The van der Waals surface area contributed by atoms with Gasteiger partial charge in [-0.15, -0.1) is 0 Å². The molecule has 2 aromatic rings. The third kappa shape index (κ3) is 4.39. The van der Waals surface area contributed by atoms with Gasteiger partial charge in [-0.3, -0.25) is 4.79 Å². The normalized spacial score (nSPS) is 10.4. The second-order valence-corrected chi connectivity index (χ2v) is 5.79. The van der Waals surface area contributed by atoms with Crippen LogP contribution in [0.4, 0.5) is 10.1 Å². The van der Waals surface area contributed by atoms with Gasteiger partial charge in [0.15, 0.2) is 0 Å². The van der Waals surface area contributed by atoms with Gasteiger partial charge < -0.3 is 5.32 Å². The molecule has 2 rings (SSSR count). The average Bonchev–Trinajstić information content (AvgIpc) is 2.49. The minimum Gasteiger partial charge on any atom is -0.322 e. The SMILES string of the molecule is CCCCc1ccc(NC(=O)c2cc(Br)ccc2F)cc1. The maximum absolute atomic E-state index is 13.6. The van der Waals surface area contributed by atoms with E-state index in [9.17, 15) is 9.18 Å². The van der Waals surface area contributed by atoms with E-state index >= 15 is 0 Å². The maximum atomic E-state index is 13.6. The highest BCUT2D eigenvalue weighted by Crippen LogP contribution is 2.18. The molecule has 0 aliphatic rings. The smallest absolute Gasteiger partial charge is 0.258 e. The second kappa shape index (κ2) is 7.36. The van der Waals surface area contributed by atoms with Crippen molar-refractivity contribution in [3.8, 4) is 0 Å². The van der Waals surface area contributed by atoms with E-state index in [1.165, 1.54) is 17.7 Å². The standard InChI is InChI=1S/C17H17BrFNO/c1-2-3-4-12-5-8-14(9-6-12)20-17(21)15-11-13(18)7-10-16(15)19/h5-11H,2-4H2,1H3,(H,20,21). The number of anilines is 1. The Morgan fingerprint density at radius 2 is 1.90 bits per heavy atom. The van der Waals surface area contributed by atoms with Gasteiger partial charge in [0.2, 0.25) is 0 Å². The molecule has 4 heteroatoms. The first-order chi connectivity index (χ1) is 10.1. The quantitative estimate of drug-likeness (QED) is 0.791. The predicted molar refractivity (Wildman–Crippen MR) is 87.1 cm³/mol. The van der Waals surface area contributed by atoms with Gasteiger partial charge in [-0.1, -0.05) is 41.4 Å². The first kappa shape index (κ1) is 15.7. The number of benzene rings is 2. The molecule has 0 saturated heterocycles. The Balaban J connectivity index is 2.07. The topological polar surface area (TPSA) is 29.1 Å². The fraction of sp³-hybridized carbons (Fsp3) is 0.235. The van der Waals surface area contributed by atoms with E-state index in [4.69, 9.17) is 0 Å². The monoisotopic (exact) mass is 349 g/mol. The number of carbonyl (C=O) groups excluding carboxylic acids is 1. The van der Waals surface area contributed by atoms with Crippen LogP contribution in [0.3, 0.4) is 0 Å². The fourth-order valence-corrected chi connectivity index (χ4v) is 2.37. The summed E-state index contributed by atoms with van der Waals surface area (Å²) in [6.07, 6.45) is 3.33. The number of rotatable bonds is 5.